The zero-order chi connectivity index (χ0) is 36.3. The molecule has 0 amide bonds. The van der Waals surface area contributed by atoms with Gasteiger partial charge in [0.25, 0.3) is 0 Å². The molecule has 0 unspecified atom stereocenters. The van der Waals surface area contributed by atoms with Gasteiger partial charge in [0.2, 0.25) is 0 Å². The van der Waals surface area contributed by atoms with E-state index in [0.29, 0.717) is 12.8 Å². The minimum Gasteiger partial charge on any atom is -0.0628 e. The SMILES string of the molecule is CCC[CH2][Sn]([CH2]CCC)([O]C(=O)CCCCCCCCCCCCCCC(C)C)[O]C(=O)CCCCCCCCCCCCCCC(C)C. The Labute approximate surface area is 313 Å². The molecule has 0 bridgehead atoms. The second-order valence-electron chi connectivity index (χ2n) is 16.4. The van der Waals surface area contributed by atoms with Crippen LogP contribution >= 0.6 is 0 Å². The van der Waals surface area contributed by atoms with Crippen molar-refractivity contribution in [3.8, 4) is 0 Å². The fraction of sp³-hybridized carbons (Fsp3) is 0.955. The van der Waals surface area contributed by atoms with E-state index in [4.69, 9.17) is 6.15 Å². The molecule has 5 heteroatoms. The van der Waals surface area contributed by atoms with Gasteiger partial charge in [-0.3, -0.25) is 0 Å². The first-order valence-corrected chi connectivity index (χ1v) is 28.5. The summed E-state index contributed by atoms with van der Waals surface area (Å²) in [7, 11) is 0. The molecule has 0 aliphatic carbocycles. The molecule has 0 spiro atoms. The third-order valence-corrected chi connectivity index (χ3v) is 20.0. The van der Waals surface area contributed by atoms with Crippen molar-refractivity contribution in [3.05, 3.63) is 0 Å². The Morgan fingerprint density at radius 1 is 0.388 bits per heavy atom. The van der Waals surface area contributed by atoms with Gasteiger partial charge in [-0.1, -0.05) is 79.1 Å². The molecule has 0 aromatic rings. The average Bonchev–Trinajstić information content (AvgIpc) is 3.06. The van der Waals surface area contributed by atoms with Crippen LogP contribution in [0, 0.1) is 11.8 Å². The Balaban J connectivity index is 4.19. The van der Waals surface area contributed by atoms with Gasteiger partial charge in [0.05, 0.1) is 0 Å². The normalized spacial score (nSPS) is 11.9. The van der Waals surface area contributed by atoms with E-state index >= 15 is 0 Å². The molecule has 0 saturated heterocycles. The van der Waals surface area contributed by atoms with Gasteiger partial charge >= 0.3 is 224 Å². The molecule has 0 rings (SSSR count). The van der Waals surface area contributed by atoms with Gasteiger partial charge in [0, 0.05) is 0 Å². The standard InChI is InChI=1S/2C18H36O2.2C4H9.Sn/c2*1-17(2)15-13-11-9-7-5-3-4-6-8-10-12-14-16-18(19)20;2*1-3-4-2;/h2*17H,3-16H2,1-2H3,(H,19,20);2*1,3-4H2,2H3;/q;;;;+2/p-2. The number of rotatable bonds is 38. The van der Waals surface area contributed by atoms with E-state index in [-0.39, 0.29) is 11.9 Å². The summed E-state index contributed by atoms with van der Waals surface area (Å²) in [6.07, 6.45) is 38.8. The predicted molar refractivity (Wildman–Crippen MR) is 216 cm³/mol. The molecular weight excluding hydrogens is 711 g/mol. The molecule has 0 radical (unpaired) electrons. The molecule has 0 aromatic heterocycles. The zero-order valence-corrected chi connectivity index (χ0v) is 37.2. The van der Waals surface area contributed by atoms with Crippen molar-refractivity contribution < 1.29 is 15.7 Å². The molecule has 0 saturated carbocycles. The fourth-order valence-electron chi connectivity index (χ4n) is 6.94. The second kappa shape index (κ2) is 36.1. The van der Waals surface area contributed by atoms with Crippen LogP contribution in [0.3, 0.4) is 0 Å². The minimum atomic E-state index is -3.81. The maximum atomic E-state index is 13.0. The quantitative estimate of drug-likeness (QED) is 0.0461. The molecule has 0 N–H and O–H groups in total. The van der Waals surface area contributed by atoms with Crippen LogP contribution in [0.25, 0.3) is 0 Å². The number of unbranched alkanes of at least 4 members (excludes halogenated alkanes) is 24. The molecule has 0 aliphatic heterocycles. The van der Waals surface area contributed by atoms with Crippen molar-refractivity contribution in [1.82, 2.24) is 0 Å². The molecule has 0 heterocycles. The summed E-state index contributed by atoms with van der Waals surface area (Å²) >= 11 is -3.81. The molecule has 49 heavy (non-hydrogen) atoms. The predicted octanol–water partition coefficient (Wildman–Crippen LogP) is 15.3. The Morgan fingerprint density at radius 2 is 0.633 bits per heavy atom. The van der Waals surface area contributed by atoms with Crippen molar-refractivity contribution in [2.75, 3.05) is 0 Å². The van der Waals surface area contributed by atoms with Gasteiger partial charge < -0.3 is 0 Å². The van der Waals surface area contributed by atoms with E-state index in [9.17, 15) is 9.59 Å². The summed E-state index contributed by atoms with van der Waals surface area (Å²) in [5.74, 6) is 1.49. The third kappa shape index (κ3) is 34.6. The van der Waals surface area contributed by atoms with Crippen LogP contribution in [0.1, 0.15) is 247 Å². The topological polar surface area (TPSA) is 52.6 Å². The van der Waals surface area contributed by atoms with Crippen molar-refractivity contribution in [2.24, 2.45) is 11.8 Å². The van der Waals surface area contributed by atoms with Crippen molar-refractivity contribution in [1.29, 1.82) is 0 Å². The van der Waals surface area contributed by atoms with Crippen LogP contribution in [0.5, 0.6) is 0 Å². The van der Waals surface area contributed by atoms with E-state index in [1.165, 1.54) is 141 Å². The minimum absolute atomic E-state index is 0.102. The molecule has 0 aliphatic rings. The molecule has 0 atom stereocenters. The van der Waals surface area contributed by atoms with Crippen LogP contribution in [0.2, 0.25) is 8.87 Å². The van der Waals surface area contributed by atoms with E-state index in [1.54, 1.807) is 0 Å². The van der Waals surface area contributed by atoms with Crippen LogP contribution in [-0.2, 0) is 15.7 Å². The van der Waals surface area contributed by atoms with Gasteiger partial charge in [-0.2, -0.15) is 0 Å². The summed E-state index contributed by atoms with van der Waals surface area (Å²) in [5.41, 5.74) is 0. The first kappa shape index (κ1) is 48.7. The molecular formula is C44H88O4Sn. The Morgan fingerprint density at radius 3 is 0.878 bits per heavy atom. The first-order chi connectivity index (χ1) is 23.7. The zero-order valence-electron chi connectivity index (χ0n) is 34.3. The monoisotopic (exact) mass is 801 g/mol. The second-order valence-corrected chi connectivity index (χ2v) is 25.6. The molecule has 4 nitrogen and oxygen atoms in total. The number of hydrogen-bond acceptors (Lipinski definition) is 4. The van der Waals surface area contributed by atoms with Crippen LogP contribution in [-0.4, -0.2) is 31.1 Å². The number of carbonyl (C=O) groups is 2. The van der Waals surface area contributed by atoms with E-state index in [0.717, 1.165) is 72.1 Å². The number of carbonyl (C=O) groups excluding carboxylic acids is 2. The smallest absolute Gasteiger partial charge is 0.0628 e. The Hall–Kier alpha value is -0.261. The third-order valence-electron chi connectivity index (χ3n) is 10.2. The van der Waals surface area contributed by atoms with Crippen LogP contribution in [0.4, 0.5) is 0 Å². The summed E-state index contributed by atoms with van der Waals surface area (Å²) in [4.78, 5) is 26.1. The van der Waals surface area contributed by atoms with Gasteiger partial charge in [-0.05, 0) is 11.8 Å². The first-order valence-electron chi connectivity index (χ1n) is 22.2. The molecule has 0 fully saturated rings. The van der Waals surface area contributed by atoms with Gasteiger partial charge in [-0.15, -0.1) is 0 Å². The van der Waals surface area contributed by atoms with E-state index < -0.39 is 19.2 Å². The van der Waals surface area contributed by atoms with Crippen molar-refractivity contribution >= 4 is 31.1 Å². The number of hydrogen-bond donors (Lipinski definition) is 0. The fourth-order valence-corrected chi connectivity index (χ4v) is 17.0. The van der Waals surface area contributed by atoms with Crippen LogP contribution in [0.15, 0.2) is 0 Å². The van der Waals surface area contributed by atoms with Gasteiger partial charge in [0.1, 0.15) is 0 Å². The molecule has 0 aromatic carbocycles. The van der Waals surface area contributed by atoms with E-state index in [1.807, 2.05) is 0 Å². The Kier molecular flexibility index (Phi) is 35.9. The summed E-state index contributed by atoms with van der Waals surface area (Å²) in [5, 5.41) is 0. The maximum absolute atomic E-state index is 13.0. The Bertz CT molecular complexity index is 662. The van der Waals surface area contributed by atoms with E-state index in [2.05, 4.69) is 41.5 Å². The van der Waals surface area contributed by atoms with Crippen LogP contribution < -0.4 is 0 Å². The summed E-state index contributed by atoms with van der Waals surface area (Å²) in [6, 6.07) is 0. The molecule has 292 valence electrons. The summed E-state index contributed by atoms with van der Waals surface area (Å²) in [6.45, 7) is 13.6. The average molecular weight is 800 g/mol. The van der Waals surface area contributed by atoms with Crippen molar-refractivity contribution in [3.63, 3.8) is 0 Å². The summed E-state index contributed by atoms with van der Waals surface area (Å²) < 4.78 is 14.2. The van der Waals surface area contributed by atoms with Crippen molar-refractivity contribution in [2.45, 2.75) is 256 Å². The van der Waals surface area contributed by atoms with Gasteiger partial charge in [-0.25, -0.2) is 0 Å². The van der Waals surface area contributed by atoms with Gasteiger partial charge in [0.15, 0.2) is 0 Å².